The number of nitrogens with one attached hydrogen (secondary N) is 2. The van der Waals surface area contributed by atoms with Crippen molar-refractivity contribution in [3.05, 3.63) is 64.2 Å². The Labute approximate surface area is 161 Å². The van der Waals surface area contributed by atoms with Crippen molar-refractivity contribution < 1.29 is 9.53 Å². The van der Waals surface area contributed by atoms with Crippen molar-refractivity contribution >= 4 is 18.3 Å². The van der Waals surface area contributed by atoms with E-state index in [1.54, 1.807) is 0 Å². The SMILES string of the molecule is Cc1ccc(OCCCC(=O)NCc2ccc3c(c2)CNC3)cc1C.Cl. The van der Waals surface area contributed by atoms with Gasteiger partial charge >= 0.3 is 0 Å². The van der Waals surface area contributed by atoms with E-state index in [2.05, 4.69) is 48.7 Å². The van der Waals surface area contributed by atoms with Crippen LogP contribution in [0.2, 0.25) is 0 Å². The first-order valence-electron chi connectivity index (χ1n) is 8.90. The minimum atomic E-state index is 0. The molecular weight excluding hydrogens is 348 g/mol. The van der Waals surface area contributed by atoms with Crippen LogP contribution in [-0.2, 0) is 24.4 Å². The molecule has 1 amide bonds. The number of benzene rings is 2. The van der Waals surface area contributed by atoms with Crippen molar-refractivity contribution in [1.82, 2.24) is 10.6 Å². The molecule has 4 nitrogen and oxygen atoms in total. The van der Waals surface area contributed by atoms with Crippen LogP contribution in [0, 0.1) is 13.8 Å². The molecule has 5 heteroatoms. The molecule has 0 fully saturated rings. The van der Waals surface area contributed by atoms with Gasteiger partial charge < -0.3 is 15.4 Å². The van der Waals surface area contributed by atoms with E-state index in [9.17, 15) is 4.79 Å². The van der Waals surface area contributed by atoms with E-state index in [0.717, 1.165) is 24.4 Å². The zero-order valence-corrected chi connectivity index (χ0v) is 16.2. The van der Waals surface area contributed by atoms with Crippen molar-refractivity contribution in [3.8, 4) is 5.75 Å². The smallest absolute Gasteiger partial charge is 0.220 e. The zero-order chi connectivity index (χ0) is 17.6. The second-order valence-electron chi connectivity index (χ2n) is 6.68. The maximum atomic E-state index is 12.0. The zero-order valence-electron chi connectivity index (χ0n) is 15.4. The summed E-state index contributed by atoms with van der Waals surface area (Å²) >= 11 is 0. The standard InChI is InChI=1S/C21H26N2O2.ClH/c1-15-5-8-20(10-16(15)2)25-9-3-4-21(24)23-12-17-6-7-18-13-22-14-19(18)11-17;/h5-8,10-11,22H,3-4,9,12-14H2,1-2H3,(H,23,24);1H. The number of hydrogen-bond donors (Lipinski definition) is 2. The van der Waals surface area contributed by atoms with E-state index in [-0.39, 0.29) is 18.3 Å². The molecule has 140 valence electrons. The topological polar surface area (TPSA) is 50.4 Å². The Bertz CT molecular complexity index is 762. The molecule has 26 heavy (non-hydrogen) atoms. The van der Waals surface area contributed by atoms with E-state index in [1.165, 1.54) is 22.3 Å². The molecule has 1 heterocycles. The lowest BCUT2D eigenvalue weighted by atomic mass is 10.1. The highest BCUT2D eigenvalue weighted by Gasteiger charge is 2.10. The van der Waals surface area contributed by atoms with Crippen molar-refractivity contribution in [2.45, 2.75) is 46.3 Å². The molecule has 1 aliphatic rings. The van der Waals surface area contributed by atoms with Gasteiger partial charge in [-0.3, -0.25) is 4.79 Å². The number of rotatable bonds is 7. The van der Waals surface area contributed by atoms with Gasteiger partial charge in [-0.15, -0.1) is 12.4 Å². The second kappa shape index (κ2) is 9.60. The van der Waals surface area contributed by atoms with E-state index in [1.807, 2.05) is 12.1 Å². The van der Waals surface area contributed by atoms with E-state index < -0.39 is 0 Å². The van der Waals surface area contributed by atoms with Gasteiger partial charge in [-0.25, -0.2) is 0 Å². The molecular formula is C21H27ClN2O2. The van der Waals surface area contributed by atoms with Crippen molar-refractivity contribution in [2.24, 2.45) is 0 Å². The summed E-state index contributed by atoms with van der Waals surface area (Å²) in [7, 11) is 0. The number of halogens is 1. The Balaban J connectivity index is 0.00000243. The van der Waals surface area contributed by atoms with Gasteiger partial charge in [0.15, 0.2) is 0 Å². The predicted molar refractivity (Wildman–Crippen MR) is 107 cm³/mol. The Morgan fingerprint density at radius 3 is 2.69 bits per heavy atom. The molecule has 0 aromatic heterocycles. The van der Waals surface area contributed by atoms with Gasteiger partial charge in [-0.1, -0.05) is 24.3 Å². The molecule has 0 aliphatic carbocycles. The lowest BCUT2D eigenvalue weighted by Crippen LogP contribution is -2.23. The molecule has 0 atom stereocenters. The number of aryl methyl sites for hydroxylation is 2. The highest BCUT2D eigenvalue weighted by atomic mass is 35.5. The minimum Gasteiger partial charge on any atom is -0.494 e. The highest BCUT2D eigenvalue weighted by Crippen LogP contribution is 2.17. The number of fused-ring (bicyclic) bond motifs is 1. The fourth-order valence-corrected chi connectivity index (χ4v) is 2.97. The first kappa shape index (κ1) is 20.3. The van der Waals surface area contributed by atoms with Gasteiger partial charge in [0.05, 0.1) is 6.61 Å². The Morgan fingerprint density at radius 2 is 1.88 bits per heavy atom. The summed E-state index contributed by atoms with van der Waals surface area (Å²) in [5.41, 5.74) is 6.34. The molecule has 2 aromatic rings. The van der Waals surface area contributed by atoms with Gasteiger partial charge in [-0.05, 0) is 60.2 Å². The van der Waals surface area contributed by atoms with Crippen LogP contribution >= 0.6 is 12.4 Å². The number of hydrogen-bond acceptors (Lipinski definition) is 3. The number of carbonyl (C=O) groups excluding carboxylic acids is 1. The Morgan fingerprint density at radius 1 is 1.08 bits per heavy atom. The fraction of sp³-hybridized carbons (Fsp3) is 0.381. The average molecular weight is 375 g/mol. The van der Waals surface area contributed by atoms with Crippen LogP contribution in [0.25, 0.3) is 0 Å². The number of ether oxygens (including phenoxy) is 1. The third kappa shape index (κ3) is 5.48. The van der Waals surface area contributed by atoms with Crippen molar-refractivity contribution in [1.29, 1.82) is 0 Å². The first-order valence-corrected chi connectivity index (χ1v) is 8.90. The van der Waals surface area contributed by atoms with E-state index >= 15 is 0 Å². The molecule has 3 rings (SSSR count). The molecule has 1 aliphatic heterocycles. The summed E-state index contributed by atoms with van der Waals surface area (Å²) in [6.45, 7) is 7.17. The highest BCUT2D eigenvalue weighted by molar-refractivity contribution is 5.85. The number of amides is 1. The first-order chi connectivity index (χ1) is 12.1. The molecule has 0 spiro atoms. The van der Waals surface area contributed by atoms with Crippen LogP contribution in [-0.4, -0.2) is 12.5 Å². The monoisotopic (exact) mass is 374 g/mol. The lowest BCUT2D eigenvalue weighted by Gasteiger charge is -2.09. The minimum absolute atomic E-state index is 0. The van der Waals surface area contributed by atoms with Crippen LogP contribution in [0.5, 0.6) is 5.75 Å². The maximum Gasteiger partial charge on any atom is 0.220 e. The van der Waals surface area contributed by atoms with E-state index in [4.69, 9.17) is 4.74 Å². The molecule has 0 saturated heterocycles. The Kier molecular flexibility index (Phi) is 7.49. The summed E-state index contributed by atoms with van der Waals surface area (Å²) in [6.07, 6.45) is 1.20. The van der Waals surface area contributed by atoms with Crippen LogP contribution in [0.15, 0.2) is 36.4 Å². The predicted octanol–water partition coefficient (Wildman–Crippen LogP) is 3.80. The van der Waals surface area contributed by atoms with E-state index in [0.29, 0.717) is 26.0 Å². The van der Waals surface area contributed by atoms with Gasteiger partial charge in [0, 0.05) is 26.1 Å². The molecule has 0 saturated carbocycles. The lowest BCUT2D eigenvalue weighted by molar-refractivity contribution is -0.121. The summed E-state index contributed by atoms with van der Waals surface area (Å²) < 4.78 is 5.72. The third-order valence-electron chi connectivity index (χ3n) is 4.69. The Hall–Kier alpha value is -2.04. The van der Waals surface area contributed by atoms with Crippen LogP contribution in [0.1, 0.15) is 40.7 Å². The average Bonchev–Trinajstić information content (AvgIpc) is 3.07. The molecule has 2 aromatic carbocycles. The summed E-state index contributed by atoms with van der Waals surface area (Å²) in [5, 5.41) is 6.32. The van der Waals surface area contributed by atoms with Crippen molar-refractivity contribution in [2.75, 3.05) is 6.61 Å². The summed E-state index contributed by atoms with van der Waals surface area (Å²) in [4.78, 5) is 12.0. The largest absolute Gasteiger partial charge is 0.494 e. The molecule has 0 unspecified atom stereocenters. The van der Waals surface area contributed by atoms with Crippen molar-refractivity contribution in [3.63, 3.8) is 0 Å². The van der Waals surface area contributed by atoms with Gasteiger partial charge in [-0.2, -0.15) is 0 Å². The van der Waals surface area contributed by atoms with Gasteiger partial charge in [0.2, 0.25) is 5.91 Å². The molecule has 0 bridgehead atoms. The van der Waals surface area contributed by atoms with Crippen LogP contribution in [0.4, 0.5) is 0 Å². The third-order valence-corrected chi connectivity index (χ3v) is 4.69. The second-order valence-corrected chi connectivity index (χ2v) is 6.68. The normalized spacial score (nSPS) is 12.2. The quantitative estimate of drug-likeness (QED) is 0.725. The van der Waals surface area contributed by atoms with Gasteiger partial charge in [0.1, 0.15) is 5.75 Å². The van der Waals surface area contributed by atoms with Crippen LogP contribution < -0.4 is 15.4 Å². The van der Waals surface area contributed by atoms with Gasteiger partial charge in [0.25, 0.3) is 0 Å². The molecule has 0 radical (unpaired) electrons. The maximum absolute atomic E-state index is 12.0. The summed E-state index contributed by atoms with van der Waals surface area (Å²) in [6, 6.07) is 12.5. The molecule has 2 N–H and O–H groups in total. The number of carbonyl (C=O) groups is 1. The van der Waals surface area contributed by atoms with Crippen LogP contribution in [0.3, 0.4) is 0 Å². The fourth-order valence-electron chi connectivity index (χ4n) is 2.97. The summed E-state index contributed by atoms with van der Waals surface area (Å²) in [5.74, 6) is 0.942.